The van der Waals surface area contributed by atoms with Crippen molar-refractivity contribution < 1.29 is 27.4 Å². The van der Waals surface area contributed by atoms with Crippen LogP contribution >= 0.6 is 11.9 Å². The smallest absolute Gasteiger partial charge is 0.421 e. The van der Waals surface area contributed by atoms with Crippen LogP contribution in [0.25, 0.3) is 0 Å². The lowest BCUT2D eigenvalue weighted by atomic mass is 10.1. The Morgan fingerprint density at radius 2 is 1.81 bits per heavy atom. The van der Waals surface area contributed by atoms with Gasteiger partial charge in [-0.25, -0.2) is 9.30 Å². The number of aliphatic imine (C=N–C) groups is 1. The van der Waals surface area contributed by atoms with Gasteiger partial charge in [-0.2, -0.15) is 13.2 Å². The number of benzene rings is 2. The van der Waals surface area contributed by atoms with Crippen LogP contribution in [0.5, 0.6) is 5.75 Å². The summed E-state index contributed by atoms with van der Waals surface area (Å²) in [6, 6.07) is 12.4. The number of carbonyl (C=O) groups excluding carboxylic acids is 1. The molecule has 0 unspecified atom stereocenters. The Bertz CT molecular complexity index is 1450. The molecule has 1 heterocycles. The average Bonchev–Trinajstić information content (AvgIpc) is 3.48. The number of nitrogens with one attached hydrogen (secondary N) is 2. The van der Waals surface area contributed by atoms with Crippen LogP contribution in [0.15, 0.2) is 71.6 Å². The number of ether oxygens (including phenoxy) is 2. The quantitative estimate of drug-likeness (QED) is 0.0777. The number of amidine groups is 1. The Hall–Kier alpha value is -3.48. The summed E-state index contributed by atoms with van der Waals surface area (Å²) in [6.07, 6.45) is 5.15. The van der Waals surface area contributed by atoms with Gasteiger partial charge in [-0.3, -0.25) is 4.79 Å². The number of rotatable bonds is 12. The summed E-state index contributed by atoms with van der Waals surface area (Å²) in [5.41, 5.74) is 1.80. The molecule has 262 valence electrons. The average molecular weight is 688 g/mol. The highest BCUT2D eigenvalue weighted by Crippen LogP contribution is 2.41. The number of halogens is 3. The molecule has 1 aliphatic heterocycles. The number of allylic oxidation sites excluding steroid dienone is 2. The second kappa shape index (κ2) is 17.8. The van der Waals surface area contributed by atoms with E-state index in [9.17, 15) is 18.0 Å². The largest absolute Gasteiger partial charge is 0.495 e. The molecule has 1 aliphatic carbocycles. The van der Waals surface area contributed by atoms with Gasteiger partial charge in [0, 0.05) is 25.1 Å². The molecule has 0 aromatic heterocycles. The number of nitrogens with zero attached hydrogens (tertiary/aromatic N) is 3. The molecule has 0 spiro atoms. The van der Waals surface area contributed by atoms with Crippen LogP contribution in [0.4, 0.5) is 18.9 Å². The van der Waals surface area contributed by atoms with Crippen molar-refractivity contribution in [1.82, 2.24) is 14.5 Å². The first kappa shape index (κ1) is 37.3. The number of likely N-dealkylation sites (N-methyl/N-ethyl adjacent to an activating group) is 1. The fourth-order valence-electron chi connectivity index (χ4n) is 6.26. The van der Waals surface area contributed by atoms with E-state index in [0.29, 0.717) is 30.0 Å². The van der Waals surface area contributed by atoms with Gasteiger partial charge in [0.2, 0.25) is 5.88 Å². The summed E-state index contributed by atoms with van der Waals surface area (Å²) in [6.45, 7) is 8.39. The van der Waals surface area contributed by atoms with Gasteiger partial charge in [0.15, 0.2) is 0 Å². The lowest BCUT2D eigenvalue weighted by molar-refractivity contribution is -0.0932. The summed E-state index contributed by atoms with van der Waals surface area (Å²) < 4.78 is 56.3. The highest BCUT2D eigenvalue weighted by atomic mass is 32.2. The second-order valence-corrected chi connectivity index (χ2v) is 13.1. The van der Waals surface area contributed by atoms with Gasteiger partial charge in [0.25, 0.3) is 5.91 Å². The molecule has 1 saturated heterocycles. The first-order valence-corrected chi connectivity index (χ1v) is 17.7. The van der Waals surface area contributed by atoms with Crippen LogP contribution in [0.3, 0.4) is 0 Å². The van der Waals surface area contributed by atoms with Gasteiger partial charge in [-0.1, -0.05) is 74.6 Å². The van der Waals surface area contributed by atoms with Gasteiger partial charge in [-0.05, 0) is 75.5 Å². The molecule has 0 saturated carbocycles. The van der Waals surface area contributed by atoms with Crippen molar-refractivity contribution in [3.8, 4) is 5.75 Å². The zero-order valence-electron chi connectivity index (χ0n) is 28.4. The Labute approximate surface area is 287 Å². The molecular formula is C36H48F3N5O3S. The number of amides is 1. The first-order chi connectivity index (χ1) is 23.0. The number of hydrogen-bond donors (Lipinski definition) is 2. The molecule has 2 aromatic carbocycles. The second-order valence-electron chi connectivity index (χ2n) is 12.1. The van der Waals surface area contributed by atoms with E-state index in [1.54, 1.807) is 25.1 Å². The molecule has 2 aliphatic rings. The molecule has 2 N–H and O–H groups in total. The van der Waals surface area contributed by atoms with Gasteiger partial charge in [0.1, 0.15) is 23.3 Å². The zero-order chi connectivity index (χ0) is 34.7. The lowest BCUT2D eigenvalue weighted by Gasteiger charge is -2.29. The normalized spacial score (nSPS) is 19.8. The third-order valence-corrected chi connectivity index (χ3v) is 9.59. The molecule has 2 aromatic rings. The molecule has 1 amide bonds. The van der Waals surface area contributed by atoms with E-state index in [1.807, 2.05) is 41.9 Å². The molecule has 1 fully saturated rings. The number of fused-ring (bicyclic) bond motifs is 1. The molecule has 0 radical (unpaired) electrons. The molecular weight excluding hydrogens is 639 g/mol. The van der Waals surface area contributed by atoms with E-state index in [0.717, 1.165) is 36.8 Å². The molecule has 12 heteroatoms. The number of methoxy groups -OCH3 is 1. The van der Waals surface area contributed by atoms with Crippen molar-refractivity contribution >= 4 is 29.4 Å². The zero-order valence-corrected chi connectivity index (χ0v) is 29.2. The standard InChI is InChI=1S/C36H48F3N5O3S/c1-6-29(36(37,38)39)35(47-32-23-26-15-11-12-16-28(26)33(32)43(3)48-5)42-25(2)41-30-18-17-27(24-31(30)46-4)34(45)40-19-22-44-20-13-9-7-8-10-14-21-44/h6,11-12,15-18,24,32-33H,1,7-10,13-14,19-23H2,2-5H3,(H,40,45)(H,41,42)/b35-29-/t32-,33-/m1/s1. The summed E-state index contributed by atoms with van der Waals surface area (Å²) in [4.78, 5) is 19.7. The minimum atomic E-state index is -4.74. The predicted octanol–water partition coefficient (Wildman–Crippen LogP) is 7.76. The number of anilines is 1. The van der Waals surface area contributed by atoms with E-state index in [1.165, 1.54) is 57.6 Å². The topological polar surface area (TPSA) is 78.4 Å². The van der Waals surface area contributed by atoms with E-state index >= 15 is 0 Å². The van der Waals surface area contributed by atoms with Gasteiger partial charge < -0.3 is 25.0 Å². The maximum absolute atomic E-state index is 14.2. The Morgan fingerprint density at radius 1 is 1.12 bits per heavy atom. The predicted molar refractivity (Wildman–Crippen MR) is 189 cm³/mol. The summed E-state index contributed by atoms with van der Waals surface area (Å²) in [5, 5.41) is 6.04. The van der Waals surface area contributed by atoms with Crippen LogP contribution in [0, 0.1) is 0 Å². The highest BCUT2D eigenvalue weighted by Gasteiger charge is 2.41. The molecule has 0 bridgehead atoms. The highest BCUT2D eigenvalue weighted by molar-refractivity contribution is 7.96. The molecule has 8 nitrogen and oxygen atoms in total. The lowest BCUT2D eigenvalue weighted by Crippen LogP contribution is -2.36. The summed E-state index contributed by atoms with van der Waals surface area (Å²) >= 11 is 1.47. The fraction of sp³-hybridized carbons (Fsp3) is 0.500. The Morgan fingerprint density at radius 3 is 2.46 bits per heavy atom. The Balaban J connectivity index is 1.49. The van der Waals surface area contributed by atoms with Crippen molar-refractivity contribution in [2.75, 3.05) is 51.9 Å². The SMILES string of the molecule is C=C/C(=C(\N=C(/C)Nc1ccc(C(=O)NCCN2CCCCCCCC2)cc1OC)O[C@@H]1Cc2ccccc2[C@H]1N(C)SC)C(F)(F)F. The van der Waals surface area contributed by atoms with E-state index in [2.05, 4.69) is 27.1 Å². The molecule has 4 rings (SSSR count). The number of alkyl halides is 3. The van der Waals surface area contributed by atoms with Crippen molar-refractivity contribution in [2.45, 2.75) is 70.2 Å². The van der Waals surface area contributed by atoms with Gasteiger partial charge in [-0.15, -0.1) is 0 Å². The van der Waals surface area contributed by atoms with Crippen LogP contribution in [-0.4, -0.2) is 79.8 Å². The minimum absolute atomic E-state index is 0.137. The van der Waals surface area contributed by atoms with Crippen molar-refractivity contribution in [1.29, 1.82) is 0 Å². The van der Waals surface area contributed by atoms with Gasteiger partial charge >= 0.3 is 6.18 Å². The first-order valence-electron chi connectivity index (χ1n) is 16.5. The van der Waals surface area contributed by atoms with E-state index in [4.69, 9.17) is 9.47 Å². The maximum Gasteiger partial charge on any atom is 0.421 e. The molecule has 2 atom stereocenters. The Kier molecular flexibility index (Phi) is 13.8. The fourth-order valence-corrected chi connectivity index (χ4v) is 6.73. The van der Waals surface area contributed by atoms with Crippen LogP contribution in [0.1, 0.15) is 73.0 Å². The van der Waals surface area contributed by atoms with Gasteiger partial charge in [0.05, 0.1) is 18.8 Å². The third kappa shape index (κ3) is 10.0. The van der Waals surface area contributed by atoms with Crippen LogP contribution in [0.2, 0.25) is 0 Å². The molecule has 48 heavy (non-hydrogen) atoms. The summed E-state index contributed by atoms with van der Waals surface area (Å²) in [5.74, 6) is -0.323. The maximum atomic E-state index is 14.2. The number of hydrogen-bond acceptors (Lipinski definition) is 7. The van der Waals surface area contributed by atoms with Crippen LogP contribution in [-0.2, 0) is 11.2 Å². The monoisotopic (exact) mass is 687 g/mol. The van der Waals surface area contributed by atoms with Crippen molar-refractivity contribution in [3.05, 3.63) is 83.3 Å². The number of carbonyl (C=O) groups is 1. The van der Waals surface area contributed by atoms with Crippen molar-refractivity contribution in [2.24, 2.45) is 4.99 Å². The minimum Gasteiger partial charge on any atom is -0.495 e. The third-order valence-electron chi connectivity index (χ3n) is 8.79. The van der Waals surface area contributed by atoms with Crippen LogP contribution < -0.4 is 15.4 Å². The van der Waals surface area contributed by atoms with Crippen molar-refractivity contribution in [3.63, 3.8) is 0 Å². The van der Waals surface area contributed by atoms with E-state index in [-0.39, 0.29) is 17.8 Å². The van der Waals surface area contributed by atoms with E-state index < -0.39 is 23.7 Å². The summed E-state index contributed by atoms with van der Waals surface area (Å²) in [7, 11) is 3.35.